The first-order chi connectivity index (χ1) is 18.8. The first-order valence-corrected chi connectivity index (χ1v) is 12.9. The Morgan fingerprint density at radius 2 is 1.56 bits per heavy atom. The quantitative estimate of drug-likeness (QED) is 0.203. The van der Waals surface area contributed by atoms with Crippen LogP contribution in [0.1, 0.15) is 53.8 Å². The van der Waals surface area contributed by atoms with Gasteiger partial charge in [0.05, 0.1) is 12.2 Å². The van der Waals surface area contributed by atoms with Gasteiger partial charge in [-0.2, -0.15) is 0 Å². The average Bonchev–Trinajstić information content (AvgIpc) is 2.93. The third kappa shape index (κ3) is 8.51. The van der Waals surface area contributed by atoms with Crippen LogP contribution in [0, 0.1) is 0 Å². The van der Waals surface area contributed by atoms with Gasteiger partial charge in [-0.25, -0.2) is 4.79 Å². The van der Waals surface area contributed by atoms with Gasteiger partial charge in [-0.1, -0.05) is 30.3 Å². The standard InChI is InChI=1S/C30H34N4O5/c1-3-39-30(38)22-12-14-23(15-13-22)33-28(36)25-17-16-24(19-26(25)21-9-5-4-6-10-21)34-29(37)27(32-20(2)35)11-7-8-18-31/h4-6,9-10,12-17,19,27H,3,7-8,11,18,31H2,1-2H3,(H,32,35)(H,33,36)(H,34,37)/t27-/m0/s1. The highest BCUT2D eigenvalue weighted by molar-refractivity contribution is 6.09. The topological polar surface area (TPSA) is 140 Å². The molecule has 3 rings (SSSR count). The molecule has 5 N–H and O–H groups in total. The number of carbonyl (C=O) groups is 4. The van der Waals surface area contributed by atoms with Crippen molar-refractivity contribution in [2.45, 2.75) is 39.2 Å². The number of esters is 1. The van der Waals surface area contributed by atoms with E-state index in [4.69, 9.17) is 10.5 Å². The highest BCUT2D eigenvalue weighted by atomic mass is 16.5. The summed E-state index contributed by atoms with van der Waals surface area (Å²) in [5, 5.41) is 8.42. The second kappa shape index (κ2) is 14.4. The molecule has 3 aromatic rings. The molecule has 0 aromatic heterocycles. The van der Waals surface area contributed by atoms with Crippen LogP contribution in [0.5, 0.6) is 0 Å². The number of unbranched alkanes of at least 4 members (excludes halogenated alkanes) is 1. The SMILES string of the molecule is CCOC(=O)c1ccc(NC(=O)c2ccc(NC(=O)[C@H](CCCCN)NC(C)=O)cc2-c2ccccc2)cc1. The molecule has 0 saturated carbocycles. The van der Waals surface area contributed by atoms with Crippen molar-refractivity contribution in [3.8, 4) is 11.1 Å². The lowest BCUT2D eigenvalue weighted by molar-refractivity contribution is -0.125. The summed E-state index contributed by atoms with van der Waals surface area (Å²) >= 11 is 0. The van der Waals surface area contributed by atoms with Crippen LogP contribution in [0.4, 0.5) is 11.4 Å². The molecule has 0 saturated heterocycles. The van der Waals surface area contributed by atoms with Gasteiger partial charge in [0.2, 0.25) is 11.8 Å². The lowest BCUT2D eigenvalue weighted by Gasteiger charge is -2.18. The molecule has 9 nitrogen and oxygen atoms in total. The number of benzene rings is 3. The predicted octanol–water partition coefficient (Wildman–Crippen LogP) is 4.35. The molecule has 39 heavy (non-hydrogen) atoms. The Labute approximate surface area is 228 Å². The van der Waals surface area contributed by atoms with E-state index in [1.807, 2.05) is 30.3 Å². The first-order valence-electron chi connectivity index (χ1n) is 12.9. The second-order valence-corrected chi connectivity index (χ2v) is 8.91. The maximum absolute atomic E-state index is 13.3. The minimum Gasteiger partial charge on any atom is -0.462 e. The fourth-order valence-corrected chi connectivity index (χ4v) is 4.02. The molecule has 0 aliphatic rings. The van der Waals surface area contributed by atoms with Crippen molar-refractivity contribution in [1.82, 2.24) is 5.32 Å². The van der Waals surface area contributed by atoms with Gasteiger partial charge in [-0.05, 0) is 86.3 Å². The zero-order valence-electron chi connectivity index (χ0n) is 22.2. The number of anilines is 2. The van der Waals surface area contributed by atoms with Crippen molar-refractivity contribution < 1.29 is 23.9 Å². The zero-order valence-corrected chi connectivity index (χ0v) is 22.2. The smallest absolute Gasteiger partial charge is 0.338 e. The number of nitrogens with one attached hydrogen (secondary N) is 3. The summed E-state index contributed by atoms with van der Waals surface area (Å²) in [6, 6.07) is 20.1. The van der Waals surface area contributed by atoms with E-state index in [2.05, 4.69) is 16.0 Å². The van der Waals surface area contributed by atoms with Crippen LogP contribution in [0.3, 0.4) is 0 Å². The number of ether oxygens (including phenoxy) is 1. The van der Waals surface area contributed by atoms with Gasteiger partial charge in [-0.15, -0.1) is 0 Å². The van der Waals surface area contributed by atoms with Crippen molar-refractivity contribution in [1.29, 1.82) is 0 Å². The Morgan fingerprint density at radius 1 is 0.872 bits per heavy atom. The summed E-state index contributed by atoms with van der Waals surface area (Å²) in [5.74, 6) is -1.43. The summed E-state index contributed by atoms with van der Waals surface area (Å²) in [7, 11) is 0. The number of nitrogens with two attached hydrogens (primary N) is 1. The molecular formula is C30H34N4O5. The van der Waals surface area contributed by atoms with Gasteiger partial charge >= 0.3 is 5.97 Å². The van der Waals surface area contributed by atoms with Crippen LogP contribution >= 0.6 is 0 Å². The Bertz CT molecular complexity index is 1290. The Kier molecular flexibility index (Phi) is 10.8. The first kappa shape index (κ1) is 29.1. The van der Waals surface area contributed by atoms with Gasteiger partial charge < -0.3 is 26.4 Å². The lowest BCUT2D eigenvalue weighted by Crippen LogP contribution is -2.42. The Hall–Kier alpha value is -4.50. The van der Waals surface area contributed by atoms with Gasteiger partial charge in [0.15, 0.2) is 0 Å². The van der Waals surface area contributed by atoms with E-state index in [9.17, 15) is 19.2 Å². The molecule has 204 valence electrons. The van der Waals surface area contributed by atoms with Crippen LogP contribution in [-0.4, -0.2) is 42.9 Å². The monoisotopic (exact) mass is 530 g/mol. The van der Waals surface area contributed by atoms with Crippen LogP contribution in [-0.2, 0) is 14.3 Å². The highest BCUT2D eigenvalue weighted by Gasteiger charge is 2.21. The van der Waals surface area contributed by atoms with E-state index in [-0.39, 0.29) is 24.3 Å². The number of amides is 3. The van der Waals surface area contributed by atoms with E-state index in [1.165, 1.54) is 6.92 Å². The van der Waals surface area contributed by atoms with Crippen LogP contribution < -0.4 is 21.7 Å². The van der Waals surface area contributed by atoms with E-state index in [0.717, 1.165) is 12.0 Å². The molecule has 9 heteroatoms. The van der Waals surface area contributed by atoms with Crippen LogP contribution in [0.2, 0.25) is 0 Å². The average molecular weight is 531 g/mol. The number of carbonyl (C=O) groups excluding carboxylic acids is 4. The molecule has 0 heterocycles. The number of hydrogen-bond donors (Lipinski definition) is 4. The Morgan fingerprint density at radius 3 is 2.21 bits per heavy atom. The summed E-state index contributed by atoms with van der Waals surface area (Å²) in [6.07, 6.45) is 1.91. The largest absolute Gasteiger partial charge is 0.462 e. The van der Waals surface area contributed by atoms with Crippen molar-refractivity contribution >= 4 is 35.1 Å². The number of rotatable bonds is 12. The molecular weight excluding hydrogens is 496 g/mol. The molecule has 0 bridgehead atoms. The summed E-state index contributed by atoms with van der Waals surface area (Å²) < 4.78 is 5.00. The molecule has 3 aromatic carbocycles. The fraction of sp³-hybridized carbons (Fsp3) is 0.267. The molecule has 0 aliphatic heterocycles. The summed E-state index contributed by atoms with van der Waals surface area (Å²) in [4.78, 5) is 49.8. The van der Waals surface area contributed by atoms with Crippen molar-refractivity contribution in [2.24, 2.45) is 5.73 Å². The normalized spacial score (nSPS) is 11.3. The molecule has 0 spiro atoms. The van der Waals surface area contributed by atoms with Crippen molar-refractivity contribution in [3.05, 3.63) is 83.9 Å². The van der Waals surface area contributed by atoms with Gasteiger partial charge in [0, 0.05) is 23.9 Å². The molecule has 0 aliphatic carbocycles. The van der Waals surface area contributed by atoms with Crippen molar-refractivity contribution in [2.75, 3.05) is 23.8 Å². The van der Waals surface area contributed by atoms with Crippen LogP contribution in [0.25, 0.3) is 11.1 Å². The predicted molar refractivity (Wildman–Crippen MR) is 151 cm³/mol. The Balaban J connectivity index is 1.84. The third-order valence-electron chi connectivity index (χ3n) is 5.91. The molecule has 0 unspecified atom stereocenters. The fourth-order valence-electron chi connectivity index (χ4n) is 4.02. The van der Waals surface area contributed by atoms with E-state index >= 15 is 0 Å². The molecule has 0 fully saturated rings. The van der Waals surface area contributed by atoms with Gasteiger partial charge in [0.1, 0.15) is 6.04 Å². The van der Waals surface area contributed by atoms with Gasteiger partial charge in [0.25, 0.3) is 5.91 Å². The summed E-state index contributed by atoms with van der Waals surface area (Å²) in [6.45, 7) is 3.89. The van der Waals surface area contributed by atoms with E-state index in [0.29, 0.717) is 47.5 Å². The third-order valence-corrected chi connectivity index (χ3v) is 5.91. The molecule has 1 atom stereocenters. The maximum Gasteiger partial charge on any atom is 0.338 e. The van der Waals surface area contributed by atoms with Crippen LogP contribution in [0.15, 0.2) is 72.8 Å². The molecule has 0 radical (unpaired) electrons. The highest BCUT2D eigenvalue weighted by Crippen LogP contribution is 2.28. The lowest BCUT2D eigenvalue weighted by atomic mass is 9.98. The van der Waals surface area contributed by atoms with Gasteiger partial charge in [-0.3, -0.25) is 14.4 Å². The maximum atomic E-state index is 13.3. The summed E-state index contributed by atoms with van der Waals surface area (Å²) in [5.41, 5.74) is 8.76. The van der Waals surface area contributed by atoms with E-state index in [1.54, 1.807) is 49.4 Å². The minimum atomic E-state index is -0.699. The van der Waals surface area contributed by atoms with Crippen molar-refractivity contribution in [3.63, 3.8) is 0 Å². The minimum absolute atomic E-state index is 0.276. The second-order valence-electron chi connectivity index (χ2n) is 8.91. The molecule has 3 amide bonds. The van der Waals surface area contributed by atoms with E-state index < -0.39 is 12.0 Å². The zero-order chi connectivity index (χ0) is 28.2. The number of hydrogen-bond acceptors (Lipinski definition) is 6.